The van der Waals surface area contributed by atoms with Crippen LogP contribution in [0.25, 0.3) is 22.3 Å². The topological polar surface area (TPSA) is 3.24 Å². The van der Waals surface area contributed by atoms with Gasteiger partial charge in [0.1, 0.15) is 0 Å². The Morgan fingerprint density at radius 2 is 0.906 bits per heavy atom. The number of hydrogen-bond acceptors (Lipinski definition) is 1. The second-order valence-electron chi connectivity index (χ2n) is 7.27. The fourth-order valence-electron chi connectivity index (χ4n) is 3.64. The van der Waals surface area contributed by atoms with Gasteiger partial charge in [0.15, 0.2) is 0 Å². The Bertz CT molecular complexity index is 1520. The molecule has 154 valence electrons. The first kappa shape index (κ1) is 15.2. The van der Waals surface area contributed by atoms with Crippen molar-refractivity contribution < 1.29 is 6.85 Å². The van der Waals surface area contributed by atoms with Crippen LogP contribution in [0.4, 0.5) is 17.1 Å². The van der Waals surface area contributed by atoms with Crippen LogP contribution in [0.2, 0.25) is 0 Å². The molecule has 0 aromatic heterocycles. The minimum absolute atomic E-state index is 0.197. The van der Waals surface area contributed by atoms with Crippen molar-refractivity contribution in [3.63, 3.8) is 0 Å². The molecule has 5 aromatic carbocycles. The maximum Gasteiger partial charge on any atom is 0.0629 e. The summed E-state index contributed by atoms with van der Waals surface area (Å²) >= 11 is 3.48. The van der Waals surface area contributed by atoms with Gasteiger partial charge in [0.25, 0.3) is 0 Å². The molecule has 0 amide bonds. The van der Waals surface area contributed by atoms with Crippen LogP contribution in [0.3, 0.4) is 0 Å². The third kappa shape index (κ3) is 4.37. The van der Waals surface area contributed by atoms with Gasteiger partial charge in [-0.1, -0.05) is 101 Å². The molecule has 0 spiro atoms. The molecule has 0 fully saturated rings. The van der Waals surface area contributed by atoms with Crippen molar-refractivity contribution in [1.29, 1.82) is 0 Å². The Kier molecular flexibility index (Phi) is 4.40. The SMILES string of the molecule is [2H]c1c([2H])c([2H])c(-c2ccc(N(c3ccccc3)c3ccc(-c4ccc(Br)cc4)cc3)cc2)c([2H])c1[2H]. The number of halogens is 1. The van der Waals surface area contributed by atoms with E-state index in [-0.39, 0.29) is 29.7 Å². The smallest absolute Gasteiger partial charge is 0.0629 e. The van der Waals surface area contributed by atoms with E-state index < -0.39 is 6.04 Å². The van der Waals surface area contributed by atoms with E-state index in [1.807, 2.05) is 54.6 Å². The first-order valence-corrected chi connectivity index (χ1v) is 11.0. The van der Waals surface area contributed by atoms with Gasteiger partial charge in [-0.15, -0.1) is 0 Å². The highest BCUT2D eigenvalue weighted by atomic mass is 79.9. The van der Waals surface area contributed by atoms with Crippen LogP contribution in [0.5, 0.6) is 0 Å². The summed E-state index contributed by atoms with van der Waals surface area (Å²) in [7, 11) is 0. The minimum Gasteiger partial charge on any atom is -0.311 e. The van der Waals surface area contributed by atoms with Crippen molar-refractivity contribution in [3.8, 4) is 22.3 Å². The van der Waals surface area contributed by atoms with E-state index in [0.717, 1.165) is 32.7 Å². The molecule has 2 heteroatoms. The molecule has 0 aliphatic carbocycles. The molecule has 0 saturated carbocycles. The summed E-state index contributed by atoms with van der Waals surface area (Å²) in [5, 5.41) is 0. The fraction of sp³-hybridized carbons (Fsp3) is 0. The lowest BCUT2D eigenvalue weighted by atomic mass is 10.0. The van der Waals surface area contributed by atoms with Crippen molar-refractivity contribution in [3.05, 3.63) is 138 Å². The lowest BCUT2D eigenvalue weighted by Crippen LogP contribution is -2.09. The molecule has 32 heavy (non-hydrogen) atoms. The van der Waals surface area contributed by atoms with E-state index in [9.17, 15) is 0 Å². The number of nitrogens with zero attached hydrogens (tertiary/aromatic N) is 1. The van der Waals surface area contributed by atoms with Gasteiger partial charge in [-0.05, 0) is 70.8 Å². The Hall–Kier alpha value is -3.62. The van der Waals surface area contributed by atoms with E-state index in [1.165, 1.54) is 0 Å². The lowest BCUT2D eigenvalue weighted by Gasteiger charge is -2.26. The normalized spacial score (nSPS) is 12.8. The van der Waals surface area contributed by atoms with Gasteiger partial charge in [0.2, 0.25) is 0 Å². The average molecular weight is 481 g/mol. The number of hydrogen-bond donors (Lipinski definition) is 0. The summed E-state index contributed by atoms with van der Waals surface area (Å²) in [6, 6.07) is 32.5. The van der Waals surface area contributed by atoms with Crippen LogP contribution in [0.15, 0.2) is 138 Å². The van der Waals surface area contributed by atoms with Crippen LogP contribution in [0.1, 0.15) is 6.85 Å². The first-order chi connectivity index (χ1) is 17.8. The van der Waals surface area contributed by atoms with E-state index in [0.29, 0.717) is 5.56 Å². The van der Waals surface area contributed by atoms with Crippen LogP contribution in [0, 0.1) is 0 Å². The average Bonchev–Trinajstić information content (AvgIpc) is 2.93. The third-order valence-electron chi connectivity index (χ3n) is 5.23. The summed E-state index contributed by atoms with van der Waals surface area (Å²) in [6.07, 6.45) is 0. The molecule has 0 aliphatic rings. The van der Waals surface area contributed by atoms with Gasteiger partial charge < -0.3 is 4.90 Å². The molecule has 0 heterocycles. The summed E-state index contributed by atoms with van der Waals surface area (Å²) in [5.41, 5.74) is 5.85. The number of benzene rings is 5. The fourth-order valence-corrected chi connectivity index (χ4v) is 3.91. The minimum atomic E-state index is -0.391. The molecule has 0 bridgehead atoms. The monoisotopic (exact) mass is 480 g/mol. The van der Waals surface area contributed by atoms with E-state index in [1.54, 1.807) is 12.1 Å². The van der Waals surface area contributed by atoms with Crippen molar-refractivity contribution in [1.82, 2.24) is 0 Å². The first-order valence-electron chi connectivity index (χ1n) is 12.7. The van der Waals surface area contributed by atoms with Gasteiger partial charge in [-0.25, -0.2) is 0 Å². The highest BCUT2D eigenvalue weighted by Crippen LogP contribution is 2.36. The molecule has 5 aromatic rings. The molecule has 0 N–H and O–H groups in total. The molecule has 0 aliphatic heterocycles. The summed E-state index contributed by atoms with van der Waals surface area (Å²) in [6.45, 7) is 0. The number of rotatable bonds is 5. The molecular weight excluding hydrogens is 454 g/mol. The molecule has 0 unspecified atom stereocenters. The second kappa shape index (κ2) is 9.25. The zero-order chi connectivity index (χ0) is 26.1. The highest BCUT2D eigenvalue weighted by molar-refractivity contribution is 9.10. The quantitative estimate of drug-likeness (QED) is 0.242. The molecule has 5 rings (SSSR count). The predicted molar refractivity (Wildman–Crippen MR) is 140 cm³/mol. The molecular formula is C30H22BrN. The van der Waals surface area contributed by atoms with Gasteiger partial charge in [0, 0.05) is 21.5 Å². The Morgan fingerprint density at radius 1 is 0.469 bits per heavy atom. The van der Waals surface area contributed by atoms with Crippen molar-refractivity contribution in [2.75, 3.05) is 4.90 Å². The zero-order valence-corrected chi connectivity index (χ0v) is 18.7. The van der Waals surface area contributed by atoms with Gasteiger partial charge in [-0.3, -0.25) is 0 Å². The molecule has 0 saturated heterocycles. The Labute approximate surface area is 204 Å². The summed E-state index contributed by atoms with van der Waals surface area (Å²) in [5.74, 6) is 0. The lowest BCUT2D eigenvalue weighted by molar-refractivity contribution is 1.28. The van der Waals surface area contributed by atoms with Gasteiger partial charge in [0.05, 0.1) is 6.85 Å². The standard InChI is InChI=1S/C30H22BrN/c31-27-17-11-24(12-18-27)26-15-21-30(22-16-26)32(28-9-5-2-6-10-28)29-19-13-25(14-20-29)23-7-3-1-4-8-23/h1-22H/i1D,3D,4D,7D,8D. The largest absolute Gasteiger partial charge is 0.311 e. The Balaban J connectivity index is 1.55. The van der Waals surface area contributed by atoms with Crippen LogP contribution < -0.4 is 4.90 Å². The van der Waals surface area contributed by atoms with E-state index in [2.05, 4.69) is 57.2 Å². The Morgan fingerprint density at radius 3 is 1.44 bits per heavy atom. The van der Waals surface area contributed by atoms with E-state index in [4.69, 9.17) is 6.85 Å². The number of para-hydroxylation sites is 1. The van der Waals surface area contributed by atoms with Crippen LogP contribution in [-0.4, -0.2) is 0 Å². The molecule has 1 nitrogen and oxygen atoms in total. The van der Waals surface area contributed by atoms with Gasteiger partial charge in [-0.2, -0.15) is 0 Å². The zero-order valence-electron chi connectivity index (χ0n) is 22.1. The van der Waals surface area contributed by atoms with Crippen molar-refractivity contribution in [2.45, 2.75) is 0 Å². The molecule has 0 atom stereocenters. The second-order valence-corrected chi connectivity index (χ2v) is 8.19. The van der Waals surface area contributed by atoms with Crippen molar-refractivity contribution >= 4 is 33.0 Å². The van der Waals surface area contributed by atoms with Crippen LogP contribution >= 0.6 is 15.9 Å². The number of anilines is 3. The van der Waals surface area contributed by atoms with Crippen molar-refractivity contribution in [2.24, 2.45) is 0 Å². The van der Waals surface area contributed by atoms with Gasteiger partial charge >= 0.3 is 0 Å². The maximum atomic E-state index is 8.30. The summed E-state index contributed by atoms with van der Waals surface area (Å²) < 4.78 is 41.5. The van der Waals surface area contributed by atoms with E-state index >= 15 is 0 Å². The maximum absolute atomic E-state index is 8.30. The highest BCUT2D eigenvalue weighted by Gasteiger charge is 2.12. The molecule has 0 radical (unpaired) electrons. The van der Waals surface area contributed by atoms with Crippen LogP contribution in [-0.2, 0) is 0 Å². The third-order valence-corrected chi connectivity index (χ3v) is 5.76. The predicted octanol–water partition coefficient (Wildman–Crippen LogP) is 9.25. The summed E-state index contributed by atoms with van der Waals surface area (Å²) in [4.78, 5) is 2.12.